The van der Waals surface area contributed by atoms with Crippen molar-refractivity contribution in [3.05, 3.63) is 0 Å². The van der Waals surface area contributed by atoms with Gasteiger partial charge in [-0.25, -0.2) is 0 Å². The van der Waals surface area contributed by atoms with Crippen LogP contribution in [0.25, 0.3) is 0 Å². The third-order valence-corrected chi connectivity index (χ3v) is 5.76. The van der Waals surface area contributed by atoms with E-state index in [-0.39, 0.29) is 18.9 Å². The van der Waals surface area contributed by atoms with Crippen LogP contribution in [0.5, 0.6) is 0 Å². The first-order chi connectivity index (χ1) is 10.1. The fourth-order valence-electron chi connectivity index (χ4n) is 2.15. The minimum absolute atomic E-state index is 0. The Kier molecular flexibility index (Phi) is 22.3. The summed E-state index contributed by atoms with van der Waals surface area (Å²) in [5, 5.41) is 0. The average Bonchev–Trinajstić information content (AvgIpc) is 2.45. The van der Waals surface area contributed by atoms with Gasteiger partial charge in [0.05, 0.1) is 13.2 Å². The van der Waals surface area contributed by atoms with Crippen LogP contribution in [0.3, 0.4) is 0 Å². The second-order valence-electron chi connectivity index (χ2n) is 5.65. The van der Waals surface area contributed by atoms with E-state index in [0.29, 0.717) is 13.2 Å². The van der Waals surface area contributed by atoms with Crippen LogP contribution in [0.15, 0.2) is 0 Å². The van der Waals surface area contributed by atoms with Crippen LogP contribution in [0.1, 0.15) is 90.9 Å². The molecule has 0 aliphatic rings. The fraction of sp³-hybridized carbons (Fsp3) is 1.00. The van der Waals surface area contributed by atoms with Crippen LogP contribution in [0.2, 0.25) is 0 Å². The molecule has 0 aromatic heterocycles. The molecule has 0 N–H and O–H groups in total. The molecule has 0 fully saturated rings. The third-order valence-electron chi connectivity index (χ3n) is 3.49. The first kappa shape index (κ1) is 25.9. The zero-order valence-corrected chi connectivity index (χ0v) is 17.5. The quantitative estimate of drug-likeness (QED) is 0.181. The summed E-state index contributed by atoms with van der Waals surface area (Å²) in [5.74, 6) is 0. The van der Waals surface area contributed by atoms with E-state index < -0.39 is 6.12 Å². The average molecular weight is 360 g/mol. The fourth-order valence-corrected chi connectivity index (χ4v) is 3.83. The van der Waals surface area contributed by atoms with Gasteiger partial charge in [0.2, 0.25) is 0 Å². The molecule has 0 unspecified atom stereocenters. The van der Waals surface area contributed by atoms with Crippen LogP contribution >= 0.6 is 6.12 Å². The van der Waals surface area contributed by atoms with Gasteiger partial charge in [0.15, 0.2) is 0 Å². The summed E-state index contributed by atoms with van der Waals surface area (Å²) in [6.07, 6.45) is 12.6. The van der Waals surface area contributed by atoms with E-state index in [1.54, 1.807) is 0 Å². The summed E-state index contributed by atoms with van der Waals surface area (Å²) in [6, 6.07) is 0. The van der Waals surface area contributed by atoms with Crippen molar-refractivity contribution in [2.24, 2.45) is 0 Å². The van der Waals surface area contributed by atoms with E-state index in [0.717, 1.165) is 12.8 Å². The zero-order valence-electron chi connectivity index (χ0n) is 15.0. The monoisotopic (exact) mass is 360 g/mol. The maximum atomic E-state index is 5.60. The maximum Gasteiger partial charge on any atom is 1.00 e. The summed E-state index contributed by atoms with van der Waals surface area (Å²) in [4.78, 5) is 0. The van der Waals surface area contributed by atoms with Crippen molar-refractivity contribution in [2.45, 2.75) is 90.9 Å². The molecule has 0 amide bonds. The number of hydrogen-bond acceptors (Lipinski definition) is 4. The van der Waals surface area contributed by atoms with Crippen molar-refractivity contribution >= 4 is 30.6 Å². The van der Waals surface area contributed by atoms with Gasteiger partial charge < -0.3 is 24.5 Å². The minimum atomic E-state index is -2.40. The summed E-state index contributed by atoms with van der Waals surface area (Å²) in [6.45, 7) is 5.81. The Morgan fingerprint density at radius 1 is 0.591 bits per heavy atom. The number of rotatable bonds is 16. The maximum absolute atomic E-state index is 5.60. The molecule has 0 bridgehead atoms. The summed E-state index contributed by atoms with van der Waals surface area (Å²) in [5.41, 5.74) is 0. The molecular formula is C16H34LiO2PS2. The molecule has 0 atom stereocenters. The minimum Gasteiger partial charge on any atom is -0.516 e. The van der Waals surface area contributed by atoms with Gasteiger partial charge in [-0.3, -0.25) is 9.05 Å². The molecule has 22 heavy (non-hydrogen) atoms. The van der Waals surface area contributed by atoms with Gasteiger partial charge in [0.1, 0.15) is 0 Å². The SMILES string of the molecule is CCCCCCCCO[P+]([S-])([S-])OCCCCCCCC.[Li+]. The molecule has 0 aromatic carbocycles. The smallest absolute Gasteiger partial charge is 0.516 e. The van der Waals surface area contributed by atoms with Gasteiger partial charge in [-0.2, -0.15) is 0 Å². The van der Waals surface area contributed by atoms with Gasteiger partial charge >= 0.3 is 18.9 Å². The molecule has 0 aliphatic heterocycles. The van der Waals surface area contributed by atoms with Gasteiger partial charge in [-0.05, 0) is 12.8 Å². The number of unbranched alkanes of at least 4 members (excludes halogenated alkanes) is 10. The van der Waals surface area contributed by atoms with E-state index in [1.807, 2.05) is 0 Å². The van der Waals surface area contributed by atoms with Crippen LogP contribution in [-0.4, -0.2) is 13.2 Å². The molecule has 128 valence electrons. The van der Waals surface area contributed by atoms with Gasteiger partial charge in [0.25, 0.3) is 0 Å². The van der Waals surface area contributed by atoms with Crippen molar-refractivity contribution in [1.82, 2.24) is 0 Å². The van der Waals surface area contributed by atoms with E-state index in [9.17, 15) is 0 Å². The van der Waals surface area contributed by atoms with Crippen molar-refractivity contribution in [1.29, 1.82) is 0 Å². The third kappa shape index (κ3) is 19.7. The molecule has 0 saturated heterocycles. The molecule has 6 heteroatoms. The summed E-state index contributed by atoms with van der Waals surface area (Å²) in [7, 11) is 0. The zero-order chi connectivity index (χ0) is 15.8. The molecule has 0 aliphatic carbocycles. The first-order valence-electron chi connectivity index (χ1n) is 8.72. The Hall–Kier alpha value is 1.65. The van der Waals surface area contributed by atoms with E-state index in [2.05, 4.69) is 13.8 Å². The molecule has 0 saturated carbocycles. The molecule has 0 aromatic rings. The Balaban J connectivity index is 0. The van der Waals surface area contributed by atoms with E-state index in [1.165, 1.54) is 64.2 Å². The topological polar surface area (TPSA) is 18.5 Å². The number of hydrogen-bond donors (Lipinski definition) is 0. The Morgan fingerprint density at radius 3 is 1.27 bits per heavy atom. The molecule has 0 rings (SSSR count). The van der Waals surface area contributed by atoms with Crippen molar-refractivity contribution in [3.8, 4) is 0 Å². The van der Waals surface area contributed by atoms with Gasteiger partial charge in [0, 0.05) is 6.12 Å². The second-order valence-corrected chi connectivity index (χ2v) is 10.6. The van der Waals surface area contributed by atoms with E-state index in [4.69, 9.17) is 33.5 Å². The van der Waals surface area contributed by atoms with Crippen molar-refractivity contribution in [3.63, 3.8) is 0 Å². The molecule has 0 heterocycles. The normalized spacial score (nSPS) is 11.5. The van der Waals surface area contributed by atoms with Crippen LogP contribution in [-0.2, 0) is 33.5 Å². The summed E-state index contributed by atoms with van der Waals surface area (Å²) >= 11 is 10.5. The molecule has 2 nitrogen and oxygen atoms in total. The van der Waals surface area contributed by atoms with Crippen LogP contribution in [0, 0.1) is 0 Å². The van der Waals surface area contributed by atoms with E-state index >= 15 is 0 Å². The standard InChI is InChI=1S/C16H35O2PS2.Li/c1-3-5-7-9-11-13-15-17-19(20,21)18-16-14-12-10-8-6-4-2;/h3-16H2,1-2H3,(H,20,21);/q;+1/p-1. The second kappa shape index (κ2) is 19.0. The predicted octanol–water partition coefficient (Wildman–Crippen LogP) is 3.52. The van der Waals surface area contributed by atoms with Crippen molar-refractivity contribution < 1.29 is 27.9 Å². The predicted molar refractivity (Wildman–Crippen MR) is 100 cm³/mol. The Morgan fingerprint density at radius 2 is 0.909 bits per heavy atom. The van der Waals surface area contributed by atoms with Gasteiger partial charge in [-0.15, -0.1) is 0 Å². The van der Waals surface area contributed by atoms with Crippen LogP contribution in [0.4, 0.5) is 0 Å². The van der Waals surface area contributed by atoms with Crippen LogP contribution < -0.4 is 18.9 Å². The molecule has 0 radical (unpaired) electrons. The Labute approximate surface area is 162 Å². The molecular weight excluding hydrogens is 326 g/mol. The molecule has 0 spiro atoms. The Bertz CT molecular complexity index is 202. The van der Waals surface area contributed by atoms with Crippen molar-refractivity contribution in [2.75, 3.05) is 13.2 Å². The largest absolute Gasteiger partial charge is 1.00 e. The van der Waals surface area contributed by atoms with Gasteiger partial charge in [-0.1, -0.05) is 78.1 Å². The first-order valence-corrected chi connectivity index (χ1v) is 12.4. The summed E-state index contributed by atoms with van der Waals surface area (Å²) < 4.78 is 11.2.